The van der Waals surface area contributed by atoms with E-state index in [1.54, 1.807) is 13.8 Å². The third kappa shape index (κ3) is 3.73. The molecule has 2 aromatic rings. The van der Waals surface area contributed by atoms with E-state index < -0.39 is 16.2 Å². The second-order valence-electron chi connectivity index (χ2n) is 7.79. The summed E-state index contributed by atoms with van der Waals surface area (Å²) in [5, 5.41) is 10.4. The minimum atomic E-state index is -1.78. The topological polar surface area (TPSA) is 79.6 Å². The molecule has 7 heteroatoms. The van der Waals surface area contributed by atoms with Crippen molar-refractivity contribution in [2.75, 3.05) is 0 Å². The number of carbonyl (C=O) groups excluding carboxylic acids is 1. The first-order valence-corrected chi connectivity index (χ1v) is 11.3. The van der Waals surface area contributed by atoms with Gasteiger partial charge in [-0.15, -0.1) is 21.9 Å². The third-order valence-electron chi connectivity index (χ3n) is 5.29. The van der Waals surface area contributed by atoms with Crippen LogP contribution in [0.15, 0.2) is 20.8 Å². The molecule has 2 aliphatic carbocycles. The summed E-state index contributed by atoms with van der Waals surface area (Å²) in [5.74, 6) is -0.362. The van der Waals surface area contributed by atoms with Crippen molar-refractivity contribution < 1.29 is 14.1 Å². The normalized spacial score (nSPS) is 17.1. The van der Waals surface area contributed by atoms with E-state index in [0.717, 1.165) is 49.0 Å². The molecule has 1 N–H and O–H groups in total. The maximum Gasteiger partial charge on any atom is 0.227 e. The van der Waals surface area contributed by atoms with Crippen molar-refractivity contribution in [3.63, 3.8) is 0 Å². The molecule has 27 heavy (non-hydrogen) atoms. The smallest absolute Gasteiger partial charge is 0.227 e. The van der Waals surface area contributed by atoms with Gasteiger partial charge >= 0.3 is 0 Å². The first kappa shape index (κ1) is 18.8. The van der Waals surface area contributed by atoms with Crippen molar-refractivity contribution in [2.45, 2.75) is 68.6 Å². The molecule has 4 rings (SSSR count). The number of fused-ring (bicyclic) bond motifs is 3. The minimum absolute atomic E-state index is 0.207. The Morgan fingerprint density at radius 2 is 1.93 bits per heavy atom. The number of hydrogen-bond acceptors (Lipinski definition) is 6. The number of thiazole rings is 1. The van der Waals surface area contributed by atoms with Gasteiger partial charge in [-0.05, 0) is 84.4 Å². The van der Waals surface area contributed by atoms with Gasteiger partial charge in [0.15, 0.2) is 0 Å². The largest absolute Gasteiger partial charge is 0.439 e. The Kier molecular flexibility index (Phi) is 4.94. The number of hydrogen-bond donors (Lipinski definition) is 1. The highest BCUT2D eigenvalue weighted by molar-refractivity contribution is 7.78. The Morgan fingerprint density at radius 1 is 1.22 bits per heavy atom. The van der Waals surface area contributed by atoms with Crippen molar-refractivity contribution in [1.29, 1.82) is 0 Å². The van der Waals surface area contributed by atoms with Gasteiger partial charge in [0, 0.05) is 6.20 Å². The molecule has 0 saturated carbocycles. The fourth-order valence-electron chi connectivity index (χ4n) is 4.11. The zero-order valence-corrected chi connectivity index (χ0v) is 17.2. The minimum Gasteiger partial charge on any atom is -0.439 e. The molecule has 0 unspecified atom stereocenters. The molecular formula is C20H23N2O3S2-. The Morgan fingerprint density at radius 3 is 2.67 bits per heavy atom. The average Bonchev–Trinajstić information content (AvgIpc) is 3.32. The quantitative estimate of drug-likeness (QED) is 0.791. The van der Waals surface area contributed by atoms with Crippen LogP contribution < -0.4 is 0 Å². The molecular weight excluding hydrogens is 380 g/mol. The lowest BCUT2D eigenvalue weighted by Gasteiger charge is -2.13. The lowest BCUT2D eigenvalue weighted by molar-refractivity contribution is -0.117. The summed E-state index contributed by atoms with van der Waals surface area (Å²) in [4.78, 5) is 16.6. The van der Waals surface area contributed by atoms with E-state index >= 15 is 0 Å². The number of nitrogens with zero attached hydrogens (tertiary/aromatic N) is 2. The van der Waals surface area contributed by atoms with E-state index in [9.17, 15) is 14.1 Å². The van der Waals surface area contributed by atoms with Crippen molar-refractivity contribution >= 4 is 27.8 Å². The van der Waals surface area contributed by atoms with Gasteiger partial charge in [-0.3, -0.25) is 4.79 Å². The number of carbonyl (C=O) groups is 1. The first-order chi connectivity index (χ1) is 12.8. The maximum absolute atomic E-state index is 12.5. The lowest BCUT2D eigenvalue weighted by atomic mass is 9.93. The number of amides is 1. The van der Waals surface area contributed by atoms with Crippen LogP contribution in [0.5, 0.6) is 0 Å². The molecule has 0 spiro atoms. The van der Waals surface area contributed by atoms with Crippen LogP contribution in [0.3, 0.4) is 0 Å². The monoisotopic (exact) mass is 403 g/mol. The highest BCUT2D eigenvalue weighted by Gasteiger charge is 2.24. The molecule has 1 heterocycles. The van der Waals surface area contributed by atoms with E-state index in [1.807, 2.05) is 0 Å². The van der Waals surface area contributed by atoms with Gasteiger partial charge in [-0.1, -0.05) is 6.07 Å². The molecule has 0 atom stereocenters. The van der Waals surface area contributed by atoms with E-state index in [2.05, 4.69) is 15.4 Å². The molecule has 5 nitrogen and oxygen atoms in total. The average molecular weight is 404 g/mol. The summed E-state index contributed by atoms with van der Waals surface area (Å²) >= 11 is 1.13. The van der Waals surface area contributed by atoms with Gasteiger partial charge < -0.3 is 13.7 Å². The molecule has 0 radical (unpaired) electrons. The van der Waals surface area contributed by atoms with E-state index in [1.165, 1.54) is 34.9 Å². The zero-order valence-electron chi connectivity index (χ0n) is 15.6. The van der Waals surface area contributed by atoms with Gasteiger partial charge in [-0.25, -0.2) is 4.98 Å². The fraction of sp³-hybridized carbons (Fsp3) is 0.500. The summed E-state index contributed by atoms with van der Waals surface area (Å²) in [5.41, 5.74) is 5.66. The Bertz CT molecular complexity index is 995. The molecule has 2 aliphatic rings. The van der Waals surface area contributed by atoms with Gasteiger partial charge in [0.25, 0.3) is 0 Å². The van der Waals surface area contributed by atoms with E-state index in [4.69, 9.17) is 0 Å². The van der Waals surface area contributed by atoms with Crippen LogP contribution in [0, 0.1) is 0 Å². The number of aliphatic hydroxyl groups is 1. The standard InChI is InChI=1S/C20H23N2O3S2/c1-20(2,24)19-21-11-18(26-19)27(25)22-17(23)10-13-9-12-5-3-6-14(12)16-8-4-7-15(13)16/h9,11,24H,3-8,10H2,1-2H3/q-1. The predicted octanol–water partition coefficient (Wildman–Crippen LogP) is 3.62. The van der Waals surface area contributed by atoms with Crippen molar-refractivity contribution in [3.8, 4) is 0 Å². The van der Waals surface area contributed by atoms with Crippen molar-refractivity contribution in [2.24, 2.45) is 4.36 Å². The molecule has 1 amide bonds. The van der Waals surface area contributed by atoms with Crippen LogP contribution in [-0.4, -0.2) is 16.0 Å². The van der Waals surface area contributed by atoms with Gasteiger partial charge in [0.1, 0.15) is 10.6 Å². The Hall–Kier alpha value is -1.57. The summed E-state index contributed by atoms with van der Waals surface area (Å²) in [6.07, 6.45) is 8.37. The molecule has 0 aliphatic heterocycles. The van der Waals surface area contributed by atoms with Crippen LogP contribution in [0.25, 0.3) is 0 Å². The van der Waals surface area contributed by atoms with Gasteiger partial charge in [0.2, 0.25) is 5.91 Å². The SMILES string of the molecule is CC(C)(O)c1ncc([S-](=O)=NC(=O)Cc2cc3c(c4c2CCC4)CCC3)s1. The summed E-state index contributed by atoms with van der Waals surface area (Å²) < 4.78 is 16.7. The predicted molar refractivity (Wildman–Crippen MR) is 105 cm³/mol. The van der Waals surface area contributed by atoms with Crippen LogP contribution in [0.2, 0.25) is 0 Å². The molecule has 0 saturated heterocycles. The van der Waals surface area contributed by atoms with E-state index in [-0.39, 0.29) is 12.3 Å². The summed E-state index contributed by atoms with van der Waals surface area (Å²) in [6, 6.07) is 2.18. The molecule has 0 fully saturated rings. The Labute approximate surface area is 165 Å². The van der Waals surface area contributed by atoms with Crippen LogP contribution >= 0.6 is 11.3 Å². The van der Waals surface area contributed by atoms with Crippen LogP contribution in [0.4, 0.5) is 0 Å². The zero-order chi connectivity index (χ0) is 19.2. The molecule has 0 bridgehead atoms. The molecule has 1 aromatic heterocycles. The van der Waals surface area contributed by atoms with Gasteiger partial charge in [-0.2, -0.15) is 0 Å². The first-order valence-electron chi connectivity index (χ1n) is 9.33. The third-order valence-corrected chi connectivity index (χ3v) is 7.89. The number of aryl methyl sites for hydroxylation is 1. The second-order valence-corrected chi connectivity index (χ2v) is 10.2. The van der Waals surface area contributed by atoms with Crippen LogP contribution in [0.1, 0.15) is 59.5 Å². The lowest BCUT2D eigenvalue weighted by Crippen LogP contribution is -2.14. The fourth-order valence-corrected chi connectivity index (χ4v) is 5.88. The Balaban J connectivity index is 1.57. The van der Waals surface area contributed by atoms with Crippen molar-refractivity contribution in [1.82, 2.24) is 4.98 Å². The van der Waals surface area contributed by atoms with Crippen LogP contribution in [-0.2, 0) is 57.3 Å². The van der Waals surface area contributed by atoms with Crippen molar-refractivity contribution in [3.05, 3.63) is 45.1 Å². The van der Waals surface area contributed by atoms with E-state index in [0.29, 0.717) is 9.22 Å². The summed E-state index contributed by atoms with van der Waals surface area (Å²) in [7, 11) is -1.78. The molecule has 144 valence electrons. The number of aromatic nitrogens is 1. The molecule has 1 aromatic carbocycles. The number of rotatable bonds is 4. The number of benzene rings is 1. The highest BCUT2D eigenvalue weighted by Crippen LogP contribution is 2.36. The summed E-state index contributed by atoms with van der Waals surface area (Å²) in [6.45, 7) is 3.24. The second kappa shape index (κ2) is 7.11. The maximum atomic E-state index is 12.5. The highest BCUT2D eigenvalue weighted by atomic mass is 32.2. The van der Waals surface area contributed by atoms with Gasteiger partial charge in [0.05, 0.1) is 6.42 Å².